The Morgan fingerprint density at radius 3 is 2.12 bits per heavy atom. The molecule has 0 aliphatic rings. The largest absolute Gasteiger partial charge is 0.287 e. The minimum absolute atomic E-state index is 0.0282. The smallest absolute Gasteiger partial charge is 0.267 e. The molecular weight excluding hydrogens is 373 g/mol. The number of halogens is 2. The SMILES string of the molecule is CC(C)(C)N(C(=O)c1ccccc1)N(C#N)C(=O)c1cccc(Cl)c1Cl. The number of benzene rings is 2. The molecule has 5 nitrogen and oxygen atoms in total. The highest BCUT2D eigenvalue weighted by Crippen LogP contribution is 2.28. The Balaban J connectivity index is 2.52. The second kappa shape index (κ2) is 7.77. The molecule has 0 bridgehead atoms. The first-order chi connectivity index (χ1) is 12.2. The van der Waals surface area contributed by atoms with Crippen molar-refractivity contribution in [1.29, 1.82) is 5.26 Å². The van der Waals surface area contributed by atoms with Crippen molar-refractivity contribution in [3.05, 3.63) is 69.7 Å². The van der Waals surface area contributed by atoms with Crippen molar-refractivity contribution in [1.82, 2.24) is 10.0 Å². The van der Waals surface area contributed by atoms with E-state index in [4.69, 9.17) is 23.2 Å². The lowest BCUT2D eigenvalue weighted by Gasteiger charge is -2.39. The van der Waals surface area contributed by atoms with E-state index in [1.165, 1.54) is 12.1 Å². The maximum atomic E-state index is 13.0. The summed E-state index contributed by atoms with van der Waals surface area (Å²) in [6.45, 7) is 5.18. The van der Waals surface area contributed by atoms with Crippen molar-refractivity contribution in [3.8, 4) is 6.19 Å². The third-order valence-corrected chi connectivity index (χ3v) is 4.34. The standard InChI is InChI=1S/C19H17Cl2N3O2/c1-19(2,3)24(17(25)13-8-5-4-6-9-13)23(12-22)18(26)14-10-7-11-15(20)16(14)21/h4-11H,1-3H3. The van der Waals surface area contributed by atoms with E-state index in [1.807, 2.05) is 0 Å². The zero-order chi connectivity index (χ0) is 19.5. The lowest BCUT2D eigenvalue weighted by atomic mass is 10.1. The van der Waals surface area contributed by atoms with Crippen LogP contribution in [-0.4, -0.2) is 27.4 Å². The topological polar surface area (TPSA) is 64.4 Å². The average molecular weight is 390 g/mol. The quantitative estimate of drug-likeness (QED) is 0.421. The van der Waals surface area contributed by atoms with Gasteiger partial charge in [0.25, 0.3) is 11.8 Å². The molecule has 0 spiro atoms. The number of nitrogens with zero attached hydrogens (tertiary/aromatic N) is 3. The number of hydrazine groups is 1. The molecule has 0 radical (unpaired) electrons. The molecule has 0 atom stereocenters. The maximum Gasteiger partial charge on any atom is 0.287 e. The molecular formula is C19H17Cl2N3O2. The molecule has 26 heavy (non-hydrogen) atoms. The van der Waals surface area contributed by atoms with Crippen molar-refractivity contribution in [2.24, 2.45) is 0 Å². The van der Waals surface area contributed by atoms with Crippen LogP contribution in [0.25, 0.3) is 0 Å². The van der Waals surface area contributed by atoms with Crippen molar-refractivity contribution in [2.45, 2.75) is 26.3 Å². The number of hydrogen-bond donors (Lipinski definition) is 0. The van der Waals surface area contributed by atoms with E-state index in [0.29, 0.717) is 10.6 Å². The van der Waals surface area contributed by atoms with Crippen LogP contribution >= 0.6 is 23.2 Å². The van der Waals surface area contributed by atoms with Crippen molar-refractivity contribution in [3.63, 3.8) is 0 Å². The Kier molecular flexibility index (Phi) is 5.91. The summed E-state index contributed by atoms with van der Waals surface area (Å²) in [5.41, 5.74) is -0.452. The van der Waals surface area contributed by atoms with E-state index < -0.39 is 17.4 Å². The van der Waals surface area contributed by atoms with Crippen LogP contribution in [0.2, 0.25) is 10.0 Å². The molecule has 0 heterocycles. The Bertz CT molecular complexity index is 871. The molecule has 2 rings (SSSR count). The van der Waals surface area contributed by atoms with Gasteiger partial charge in [0.15, 0.2) is 0 Å². The fourth-order valence-electron chi connectivity index (χ4n) is 2.36. The van der Waals surface area contributed by atoms with E-state index in [1.54, 1.807) is 63.4 Å². The highest BCUT2D eigenvalue weighted by molar-refractivity contribution is 6.43. The fraction of sp³-hybridized carbons (Fsp3) is 0.211. The zero-order valence-electron chi connectivity index (χ0n) is 14.5. The van der Waals surface area contributed by atoms with Gasteiger partial charge in [-0.05, 0) is 45.0 Å². The van der Waals surface area contributed by atoms with E-state index in [-0.39, 0.29) is 15.6 Å². The molecule has 7 heteroatoms. The minimum atomic E-state index is -0.844. The summed E-state index contributed by atoms with van der Waals surface area (Å²) < 4.78 is 0. The van der Waals surface area contributed by atoms with Gasteiger partial charge >= 0.3 is 0 Å². The summed E-state index contributed by atoms with van der Waals surface area (Å²) >= 11 is 12.1. The predicted octanol–water partition coefficient (Wildman–Crippen LogP) is 4.77. The lowest BCUT2D eigenvalue weighted by Crippen LogP contribution is -2.56. The molecule has 2 aromatic rings. The molecule has 0 aliphatic heterocycles. The number of carbonyl (C=O) groups excluding carboxylic acids is 2. The van der Waals surface area contributed by atoms with Crippen LogP contribution in [0.5, 0.6) is 0 Å². The average Bonchev–Trinajstić information content (AvgIpc) is 2.60. The van der Waals surface area contributed by atoms with Crippen LogP contribution in [0.1, 0.15) is 41.5 Å². The predicted molar refractivity (Wildman–Crippen MR) is 101 cm³/mol. The molecule has 0 N–H and O–H groups in total. The lowest BCUT2D eigenvalue weighted by molar-refractivity contribution is -0.0167. The Morgan fingerprint density at radius 2 is 1.58 bits per heavy atom. The van der Waals surface area contributed by atoms with Gasteiger partial charge in [-0.1, -0.05) is 47.5 Å². The zero-order valence-corrected chi connectivity index (χ0v) is 16.0. The third kappa shape index (κ3) is 3.98. The Morgan fingerprint density at radius 1 is 0.962 bits per heavy atom. The molecule has 0 unspecified atom stereocenters. The number of carbonyl (C=O) groups is 2. The van der Waals surface area contributed by atoms with Crippen molar-refractivity contribution in [2.75, 3.05) is 0 Å². The van der Waals surface area contributed by atoms with Gasteiger partial charge in [-0.2, -0.15) is 5.26 Å². The van der Waals surface area contributed by atoms with Gasteiger partial charge < -0.3 is 0 Å². The second-order valence-electron chi connectivity index (χ2n) is 6.47. The van der Waals surface area contributed by atoms with Crippen molar-refractivity contribution < 1.29 is 9.59 Å². The van der Waals surface area contributed by atoms with Gasteiger partial charge in [0, 0.05) is 5.56 Å². The van der Waals surface area contributed by atoms with Gasteiger partial charge in [0.2, 0.25) is 6.19 Å². The van der Waals surface area contributed by atoms with Crippen LogP contribution in [-0.2, 0) is 0 Å². The first-order valence-electron chi connectivity index (χ1n) is 7.76. The van der Waals surface area contributed by atoms with Crippen LogP contribution in [0.3, 0.4) is 0 Å². The Hall–Kier alpha value is -2.55. The molecule has 0 saturated carbocycles. The number of amides is 2. The van der Waals surface area contributed by atoms with Crippen LogP contribution in [0.4, 0.5) is 0 Å². The summed E-state index contributed by atoms with van der Waals surface area (Å²) in [5.74, 6) is -1.22. The molecule has 0 saturated heterocycles. The van der Waals surface area contributed by atoms with Crippen LogP contribution in [0, 0.1) is 11.5 Å². The maximum absolute atomic E-state index is 13.0. The molecule has 2 aromatic carbocycles. The fourth-order valence-corrected chi connectivity index (χ4v) is 2.74. The monoisotopic (exact) mass is 389 g/mol. The molecule has 0 aliphatic carbocycles. The van der Waals surface area contributed by atoms with E-state index >= 15 is 0 Å². The third-order valence-electron chi connectivity index (χ3n) is 3.52. The second-order valence-corrected chi connectivity index (χ2v) is 7.26. The molecule has 0 aromatic heterocycles. The summed E-state index contributed by atoms with van der Waals surface area (Å²) in [6.07, 6.45) is 1.79. The van der Waals surface area contributed by atoms with Gasteiger partial charge in [-0.3, -0.25) is 9.59 Å². The highest BCUT2D eigenvalue weighted by atomic mass is 35.5. The summed E-state index contributed by atoms with van der Waals surface area (Å²) in [4.78, 5) is 25.9. The van der Waals surface area contributed by atoms with Gasteiger partial charge in [-0.15, -0.1) is 5.01 Å². The normalized spacial score (nSPS) is 10.8. The first kappa shape index (κ1) is 19.8. The van der Waals surface area contributed by atoms with E-state index in [2.05, 4.69) is 0 Å². The van der Waals surface area contributed by atoms with Crippen LogP contribution < -0.4 is 0 Å². The number of rotatable bonds is 2. The first-order valence-corrected chi connectivity index (χ1v) is 8.51. The van der Waals surface area contributed by atoms with Gasteiger partial charge in [0.05, 0.1) is 21.1 Å². The molecule has 0 fully saturated rings. The van der Waals surface area contributed by atoms with E-state index in [9.17, 15) is 14.9 Å². The minimum Gasteiger partial charge on any atom is -0.267 e. The summed E-state index contributed by atoms with van der Waals surface area (Å²) in [5, 5.41) is 11.7. The van der Waals surface area contributed by atoms with Gasteiger partial charge in [-0.25, -0.2) is 5.01 Å². The summed E-state index contributed by atoms with van der Waals surface area (Å²) in [7, 11) is 0. The van der Waals surface area contributed by atoms with Gasteiger partial charge in [0.1, 0.15) is 0 Å². The Labute approximate surface area is 162 Å². The van der Waals surface area contributed by atoms with E-state index in [0.717, 1.165) is 5.01 Å². The molecule has 134 valence electrons. The molecule has 2 amide bonds. The number of nitriles is 1. The summed E-state index contributed by atoms with van der Waals surface area (Å²) in [6, 6.07) is 13.0. The number of hydrogen-bond acceptors (Lipinski definition) is 3. The van der Waals surface area contributed by atoms with Crippen LogP contribution in [0.15, 0.2) is 48.5 Å². The highest BCUT2D eigenvalue weighted by Gasteiger charge is 2.37. The van der Waals surface area contributed by atoms with Crippen molar-refractivity contribution >= 4 is 35.0 Å².